The Morgan fingerprint density at radius 1 is 1.00 bits per heavy atom. The minimum Gasteiger partial charge on any atom is -0.493 e. The van der Waals surface area contributed by atoms with E-state index < -0.39 is 0 Å². The maximum Gasteiger partial charge on any atom is 0.160 e. The Bertz CT molecular complexity index is 415. The van der Waals surface area contributed by atoms with Crippen molar-refractivity contribution < 1.29 is 9.47 Å². The zero-order valence-electron chi connectivity index (χ0n) is 12.9. The van der Waals surface area contributed by atoms with E-state index in [2.05, 4.69) is 29.0 Å². The van der Waals surface area contributed by atoms with Gasteiger partial charge >= 0.3 is 0 Å². The van der Waals surface area contributed by atoms with Crippen molar-refractivity contribution in [3.63, 3.8) is 0 Å². The van der Waals surface area contributed by atoms with Gasteiger partial charge in [0.15, 0.2) is 11.5 Å². The van der Waals surface area contributed by atoms with E-state index in [4.69, 9.17) is 9.47 Å². The first-order chi connectivity index (χ1) is 9.72. The van der Waals surface area contributed by atoms with E-state index in [-0.39, 0.29) is 0 Å². The van der Waals surface area contributed by atoms with Crippen LogP contribution in [0.5, 0.6) is 11.5 Å². The van der Waals surface area contributed by atoms with Crippen molar-refractivity contribution in [1.29, 1.82) is 0 Å². The van der Waals surface area contributed by atoms with Gasteiger partial charge in [-0.1, -0.05) is 6.07 Å². The Labute approximate surface area is 122 Å². The lowest BCUT2D eigenvalue weighted by atomic mass is 10.1. The summed E-state index contributed by atoms with van der Waals surface area (Å²) in [6.45, 7) is 5.96. The largest absolute Gasteiger partial charge is 0.493 e. The molecule has 2 rings (SSSR count). The van der Waals surface area contributed by atoms with Crippen molar-refractivity contribution in [2.24, 2.45) is 0 Å². The molecule has 1 aromatic carbocycles. The zero-order chi connectivity index (χ0) is 14.4. The molecule has 0 radical (unpaired) electrons. The molecule has 1 aliphatic heterocycles. The van der Waals surface area contributed by atoms with Gasteiger partial charge in [0.2, 0.25) is 0 Å². The van der Waals surface area contributed by atoms with Crippen molar-refractivity contribution in [3.05, 3.63) is 23.8 Å². The van der Waals surface area contributed by atoms with Gasteiger partial charge in [-0.2, -0.15) is 0 Å². The molecule has 20 heavy (non-hydrogen) atoms. The summed E-state index contributed by atoms with van der Waals surface area (Å²) in [5.74, 6) is 1.62. The van der Waals surface area contributed by atoms with Crippen molar-refractivity contribution >= 4 is 0 Å². The molecule has 0 aromatic heterocycles. The normalized spacial score (nSPS) is 17.1. The fourth-order valence-corrected chi connectivity index (χ4v) is 2.61. The molecule has 0 saturated carbocycles. The Balaban J connectivity index is 1.79. The van der Waals surface area contributed by atoms with Gasteiger partial charge in [-0.3, -0.25) is 0 Å². The predicted molar refractivity (Wildman–Crippen MR) is 81.8 cm³/mol. The standard InChI is InChI=1S/C16H26N2O2/c1-17-9-11-18(12-10-17)8-4-5-14-6-7-15(19-2)16(13-14)20-3/h6-7,13H,4-5,8-12H2,1-3H3. The molecule has 0 N–H and O–H groups in total. The van der Waals surface area contributed by atoms with Crippen LogP contribution in [0.4, 0.5) is 0 Å². The van der Waals surface area contributed by atoms with E-state index >= 15 is 0 Å². The molecule has 4 nitrogen and oxygen atoms in total. The Morgan fingerprint density at radius 3 is 2.35 bits per heavy atom. The van der Waals surface area contributed by atoms with Gasteiger partial charge in [-0.25, -0.2) is 0 Å². The first kappa shape index (κ1) is 15.1. The van der Waals surface area contributed by atoms with E-state index in [0.717, 1.165) is 17.9 Å². The second-order valence-electron chi connectivity index (χ2n) is 5.44. The summed E-state index contributed by atoms with van der Waals surface area (Å²) in [7, 11) is 5.55. The molecule has 4 heteroatoms. The highest BCUT2D eigenvalue weighted by molar-refractivity contribution is 5.42. The number of piperazine rings is 1. The fraction of sp³-hybridized carbons (Fsp3) is 0.625. The molecule has 112 valence electrons. The minimum absolute atomic E-state index is 0.801. The van der Waals surface area contributed by atoms with Crippen LogP contribution in [0.1, 0.15) is 12.0 Å². The minimum atomic E-state index is 0.801. The number of methoxy groups -OCH3 is 2. The van der Waals surface area contributed by atoms with Crippen molar-refractivity contribution in [1.82, 2.24) is 9.80 Å². The number of nitrogens with zero attached hydrogens (tertiary/aromatic N) is 2. The summed E-state index contributed by atoms with van der Waals surface area (Å²) >= 11 is 0. The average Bonchev–Trinajstić information content (AvgIpc) is 2.49. The molecule has 0 atom stereocenters. The SMILES string of the molecule is COc1ccc(CCCN2CCN(C)CC2)cc1OC. The first-order valence-corrected chi connectivity index (χ1v) is 7.34. The smallest absolute Gasteiger partial charge is 0.160 e. The third-order valence-electron chi connectivity index (χ3n) is 3.98. The van der Waals surface area contributed by atoms with Crippen LogP contribution in [0.3, 0.4) is 0 Å². The summed E-state index contributed by atoms with van der Waals surface area (Å²) in [6.07, 6.45) is 2.28. The Kier molecular flexibility index (Phi) is 5.68. The first-order valence-electron chi connectivity index (χ1n) is 7.34. The molecule has 1 fully saturated rings. The molecule has 1 saturated heterocycles. The number of likely N-dealkylation sites (N-methyl/N-ethyl adjacent to an activating group) is 1. The summed E-state index contributed by atoms with van der Waals surface area (Å²) < 4.78 is 10.6. The lowest BCUT2D eigenvalue weighted by Crippen LogP contribution is -2.44. The molecule has 0 bridgehead atoms. The van der Waals surface area contributed by atoms with Crippen molar-refractivity contribution in [2.45, 2.75) is 12.8 Å². The average molecular weight is 278 g/mol. The van der Waals surface area contributed by atoms with Crippen molar-refractivity contribution in [3.8, 4) is 11.5 Å². The number of rotatable bonds is 6. The van der Waals surface area contributed by atoms with Crippen LogP contribution < -0.4 is 9.47 Å². The van der Waals surface area contributed by atoms with E-state index in [1.807, 2.05) is 6.07 Å². The highest BCUT2D eigenvalue weighted by Crippen LogP contribution is 2.27. The van der Waals surface area contributed by atoms with Gasteiger partial charge in [0, 0.05) is 26.2 Å². The van der Waals surface area contributed by atoms with Crippen LogP contribution in [0.2, 0.25) is 0 Å². The zero-order valence-corrected chi connectivity index (χ0v) is 12.9. The lowest BCUT2D eigenvalue weighted by Gasteiger charge is -2.32. The summed E-state index contributed by atoms with van der Waals surface area (Å²) in [6, 6.07) is 6.21. The number of benzene rings is 1. The number of aryl methyl sites for hydroxylation is 1. The van der Waals surface area contributed by atoms with Gasteiger partial charge in [0.05, 0.1) is 14.2 Å². The predicted octanol–water partition coefficient (Wildman–Crippen LogP) is 1.88. The van der Waals surface area contributed by atoms with E-state index in [1.165, 1.54) is 44.7 Å². The van der Waals surface area contributed by atoms with Crippen molar-refractivity contribution in [2.75, 3.05) is 54.0 Å². The number of hydrogen-bond acceptors (Lipinski definition) is 4. The maximum atomic E-state index is 5.34. The molecule has 1 aliphatic rings. The van der Waals surface area contributed by atoms with Crippen LogP contribution in [-0.4, -0.2) is 63.8 Å². The third kappa shape index (κ3) is 4.12. The summed E-state index contributed by atoms with van der Waals surface area (Å²) in [5.41, 5.74) is 1.32. The maximum absolute atomic E-state index is 5.34. The van der Waals surface area contributed by atoms with Gasteiger partial charge in [-0.05, 0) is 44.1 Å². The van der Waals surface area contributed by atoms with Crippen LogP contribution in [0.15, 0.2) is 18.2 Å². The molecule has 1 heterocycles. The van der Waals surface area contributed by atoms with E-state index in [1.54, 1.807) is 14.2 Å². The van der Waals surface area contributed by atoms with Crippen LogP contribution in [-0.2, 0) is 6.42 Å². The Hall–Kier alpha value is -1.26. The van der Waals surface area contributed by atoms with E-state index in [0.29, 0.717) is 0 Å². The second kappa shape index (κ2) is 7.50. The highest BCUT2D eigenvalue weighted by atomic mass is 16.5. The monoisotopic (exact) mass is 278 g/mol. The highest BCUT2D eigenvalue weighted by Gasteiger charge is 2.13. The van der Waals surface area contributed by atoms with Crippen LogP contribution in [0, 0.1) is 0 Å². The fourth-order valence-electron chi connectivity index (χ4n) is 2.61. The molecule has 0 spiro atoms. The van der Waals surface area contributed by atoms with Gasteiger partial charge in [-0.15, -0.1) is 0 Å². The molecule has 1 aromatic rings. The molecule has 0 aliphatic carbocycles. The quantitative estimate of drug-likeness (QED) is 0.793. The summed E-state index contributed by atoms with van der Waals surface area (Å²) in [5, 5.41) is 0. The second-order valence-corrected chi connectivity index (χ2v) is 5.44. The van der Waals surface area contributed by atoms with Gasteiger partial charge in [0.25, 0.3) is 0 Å². The van der Waals surface area contributed by atoms with Gasteiger partial charge in [0.1, 0.15) is 0 Å². The molecule has 0 amide bonds. The number of hydrogen-bond donors (Lipinski definition) is 0. The lowest BCUT2D eigenvalue weighted by molar-refractivity contribution is 0.153. The van der Waals surface area contributed by atoms with E-state index in [9.17, 15) is 0 Å². The Morgan fingerprint density at radius 2 is 1.70 bits per heavy atom. The van der Waals surface area contributed by atoms with Crippen LogP contribution in [0.25, 0.3) is 0 Å². The van der Waals surface area contributed by atoms with Crippen LogP contribution >= 0.6 is 0 Å². The summed E-state index contributed by atoms with van der Waals surface area (Å²) in [4.78, 5) is 4.95. The molecular weight excluding hydrogens is 252 g/mol. The molecular formula is C16H26N2O2. The number of ether oxygens (including phenoxy) is 2. The molecule has 0 unspecified atom stereocenters. The topological polar surface area (TPSA) is 24.9 Å². The van der Waals surface area contributed by atoms with Gasteiger partial charge < -0.3 is 19.3 Å². The third-order valence-corrected chi connectivity index (χ3v) is 3.98.